The van der Waals surface area contributed by atoms with E-state index in [2.05, 4.69) is 0 Å². The summed E-state index contributed by atoms with van der Waals surface area (Å²) in [7, 11) is 0. The number of halogens is 9. The zero-order valence-corrected chi connectivity index (χ0v) is 15.9. The van der Waals surface area contributed by atoms with Gasteiger partial charge in [0.15, 0.2) is 0 Å². The molecule has 0 spiro atoms. The van der Waals surface area contributed by atoms with Crippen molar-refractivity contribution in [3.05, 3.63) is 88.8 Å². The second kappa shape index (κ2) is 7.70. The summed E-state index contributed by atoms with van der Waals surface area (Å²) < 4.78 is 122. The van der Waals surface area contributed by atoms with Crippen LogP contribution in [0, 0.1) is 52.4 Å². The molecule has 3 aromatic rings. The van der Waals surface area contributed by atoms with Gasteiger partial charge in [-0.1, -0.05) is 0 Å². The summed E-state index contributed by atoms with van der Waals surface area (Å²) in [5, 5.41) is 0. The molecular weight excluding hydrogens is 509 g/mol. The number of rotatable bonds is 3. The number of hydrogen-bond acceptors (Lipinski definition) is 0. The van der Waals surface area contributed by atoms with Crippen molar-refractivity contribution in [2.75, 3.05) is 0 Å². The van der Waals surface area contributed by atoms with Crippen LogP contribution in [-0.2, 0) is 0 Å². The average molecular weight is 515 g/mol. The summed E-state index contributed by atoms with van der Waals surface area (Å²) in [5.74, 6) is -13.9. The zero-order valence-electron chi connectivity index (χ0n) is 13.3. The third-order valence-corrected chi connectivity index (χ3v) is 11.1. The van der Waals surface area contributed by atoms with Crippen LogP contribution in [0.1, 0.15) is 0 Å². The van der Waals surface area contributed by atoms with E-state index in [4.69, 9.17) is 0 Å². The summed E-state index contributed by atoms with van der Waals surface area (Å²) >= 11 is -4.96. The monoisotopic (exact) mass is 514 g/mol. The molecule has 146 valence electrons. The summed E-state index contributed by atoms with van der Waals surface area (Å²) in [4.78, 5) is 0. The molecule has 0 saturated heterocycles. The van der Waals surface area contributed by atoms with E-state index < -0.39 is 83.1 Å². The predicted octanol–water partition coefficient (Wildman–Crippen LogP) is 3.45. The molecule has 0 atom stereocenters. The molecule has 0 radical (unpaired) electrons. The standard InChI is InChI=1S/3C6H2F3.Sb/c3*7-4-1-5(8)3-6(9)2-4;/h3*1-2H;. The molecule has 28 heavy (non-hydrogen) atoms. The zero-order chi connectivity index (χ0) is 20.7. The minimum absolute atomic E-state index is 0.175. The van der Waals surface area contributed by atoms with Gasteiger partial charge in [0.25, 0.3) is 0 Å². The van der Waals surface area contributed by atoms with Gasteiger partial charge in [0.05, 0.1) is 0 Å². The fourth-order valence-corrected chi connectivity index (χ4v) is 9.26. The van der Waals surface area contributed by atoms with Gasteiger partial charge in [-0.15, -0.1) is 0 Å². The van der Waals surface area contributed by atoms with E-state index in [9.17, 15) is 39.5 Å². The van der Waals surface area contributed by atoms with Crippen molar-refractivity contribution < 1.29 is 39.5 Å². The first-order valence-electron chi connectivity index (χ1n) is 7.34. The molecule has 0 aliphatic heterocycles. The molecular formula is C18H6F9Sb. The van der Waals surface area contributed by atoms with E-state index in [1.807, 2.05) is 0 Å². The van der Waals surface area contributed by atoms with Gasteiger partial charge < -0.3 is 0 Å². The van der Waals surface area contributed by atoms with Crippen molar-refractivity contribution in [3.8, 4) is 0 Å². The predicted molar refractivity (Wildman–Crippen MR) is 83.6 cm³/mol. The van der Waals surface area contributed by atoms with Crippen LogP contribution < -0.4 is 10.5 Å². The van der Waals surface area contributed by atoms with E-state index in [0.29, 0.717) is 0 Å². The molecule has 0 saturated carbocycles. The van der Waals surface area contributed by atoms with Crippen LogP contribution in [-0.4, -0.2) is 20.2 Å². The van der Waals surface area contributed by atoms with Gasteiger partial charge in [-0.25, -0.2) is 0 Å². The van der Waals surface area contributed by atoms with E-state index in [1.165, 1.54) is 0 Å². The summed E-state index contributed by atoms with van der Waals surface area (Å²) in [5.41, 5.74) is 0. The first-order valence-corrected chi connectivity index (χ1v) is 11.2. The fraction of sp³-hybridized carbons (Fsp3) is 0. The Morgan fingerprint density at radius 3 is 0.714 bits per heavy atom. The van der Waals surface area contributed by atoms with Crippen LogP contribution in [0.4, 0.5) is 39.5 Å². The molecule has 3 aromatic carbocycles. The van der Waals surface area contributed by atoms with Crippen LogP contribution >= 0.6 is 0 Å². The molecule has 0 N–H and O–H groups in total. The van der Waals surface area contributed by atoms with Gasteiger partial charge in [-0.3, -0.25) is 0 Å². The molecule has 0 unspecified atom stereocenters. The van der Waals surface area contributed by atoms with Crippen molar-refractivity contribution >= 4 is 30.7 Å². The van der Waals surface area contributed by atoms with E-state index in [-0.39, 0.29) is 36.4 Å². The van der Waals surface area contributed by atoms with Gasteiger partial charge in [0, 0.05) is 0 Å². The van der Waals surface area contributed by atoms with E-state index in [0.717, 1.165) is 0 Å². The Hall–Kier alpha value is -2.15. The van der Waals surface area contributed by atoms with Gasteiger partial charge in [0.2, 0.25) is 0 Å². The Bertz CT molecular complexity index is 875. The van der Waals surface area contributed by atoms with Gasteiger partial charge in [-0.05, 0) is 0 Å². The molecule has 10 heteroatoms. The van der Waals surface area contributed by atoms with E-state index in [1.54, 1.807) is 0 Å². The van der Waals surface area contributed by atoms with Crippen LogP contribution in [0.3, 0.4) is 0 Å². The van der Waals surface area contributed by atoms with Gasteiger partial charge in [-0.2, -0.15) is 0 Å². The molecule has 0 heterocycles. The first kappa shape index (κ1) is 20.6. The molecule has 0 aliphatic carbocycles. The quantitative estimate of drug-likeness (QED) is 0.371. The first-order chi connectivity index (χ1) is 13.1. The Balaban J connectivity index is 2.45. The maximum absolute atomic E-state index is 14.3. The second-order valence-electron chi connectivity index (χ2n) is 5.49. The topological polar surface area (TPSA) is 0 Å². The summed E-state index contributed by atoms with van der Waals surface area (Å²) in [6, 6.07) is 1.05. The van der Waals surface area contributed by atoms with Crippen molar-refractivity contribution in [1.29, 1.82) is 0 Å². The Kier molecular flexibility index (Phi) is 5.66. The third kappa shape index (κ3) is 3.72. The van der Waals surface area contributed by atoms with Crippen LogP contribution in [0.5, 0.6) is 0 Å². The SMILES string of the molecule is Fc1cc(F)[c]([Sb]([c]2c(F)cc(F)cc2F)[c]2c(F)cc(F)cc2F)c(F)c1. The van der Waals surface area contributed by atoms with Crippen molar-refractivity contribution in [3.63, 3.8) is 0 Å². The summed E-state index contributed by atoms with van der Waals surface area (Å²) in [6.07, 6.45) is 0. The molecule has 3 rings (SSSR count). The van der Waals surface area contributed by atoms with Crippen molar-refractivity contribution in [2.24, 2.45) is 0 Å². The second-order valence-corrected chi connectivity index (χ2v) is 11.2. The molecule has 0 amide bonds. The molecule has 0 bridgehead atoms. The van der Waals surface area contributed by atoms with Crippen LogP contribution in [0.25, 0.3) is 0 Å². The average Bonchev–Trinajstić information content (AvgIpc) is 2.51. The Morgan fingerprint density at radius 1 is 0.357 bits per heavy atom. The van der Waals surface area contributed by atoms with Crippen LogP contribution in [0.2, 0.25) is 0 Å². The fourth-order valence-electron chi connectivity index (χ4n) is 2.58. The Morgan fingerprint density at radius 2 is 0.536 bits per heavy atom. The normalized spacial score (nSPS) is 11.4. The van der Waals surface area contributed by atoms with Gasteiger partial charge >= 0.3 is 159 Å². The number of hydrogen-bond donors (Lipinski definition) is 0. The summed E-state index contributed by atoms with van der Waals surface area (Å²) in [6.45, 7) is 0. The van der Waals surface area contributed by atoms with Crippen molar-refractivity contribution in [1.82, 2.24) is 0 Å². The van der Waals surface area contributed by atoms with E-state index >= 15 is 0 Å². The Labute approximate surface area is 159 Å². The van der Waals surface area contributed by atoms with Crippen LogP contribution in [0.15, 0.2) is 36.4 Å². The number of benzene rings is 3. The molecule has 0 aromatic heterocycles. The van der Waals surface area contributed by atoms with Crippen molar-refractivity contribution in [2.45, 2.75) is 0 Å². The molecule has 0 fully saturated rings. The molecule has 0 nitrogen and oxygen atoms in total. The molecule has 0 aliphatic rings. The maximum atomic E-state index is 14.3. The van der Waals surface area contributed by atoms with Gasteiger partial charge in [0.1, 0.15) is 0 Å². The minimum atomic E-state index is -4.96. The third-order valence-electron chi connectivity index (χ3n) is 3.62.